The zero-order valence-corrected chi connectivity index (χ0v) is 11.9. The minimum Gasteiger partial charge on any atom is -0.352 e. The summed E-state index contributed by atoms with van der Waals surface area (Å²) in [5.41, 5.74) is 5.81. The summed E-state index contributed by atoms with van der Waals surface area (Å²) in [5.74, 6) is 1.25. The van der Waals surface area contributed by atoms with Gasteiger partial charge in [-0.2, -0.15) is 0 Å². The van der Waals surface area contributed by atoms with Gasteiger partial charge in [0.25, 0.3) is 0 Å². The SMILES string of the molecule is CC1CCCC(NC(=O)C(N)C(C)(C)C)C1C. The average Bonchev–Trinajstić information content (AvgIpc) is 2.22. The second-order valence-electron chi connectivity index (χ2n) is 6.73. The largest absolute Gasteiger partial charge is 0.352 e. The molecule has 3 heteroatoms. The van der Waals surface area contributed by atoms with Crippen LogP contribution in [-0.4, -0.2) is 18.0 Å². The van der Waals surface area contributed by atoms with Crippen LogP contribution in [0.3, 0.4) is 0 Å². The molecule has 100 valence electrons. The van der Waals surface area contributed by atoms with E-state index in [9.17, 15) is 4.79 Å². The molecule has 1 aliphatic carbocycles. The Morgan fingerprint density at radius 3 is 2.41 bits per heavy atom. The molecule has 0 aromatic rings. The van der Waals surface area contributed by atoms with E-state index in [-0.39, 0.29) is 11.3 Å². The molecule has 3 nitrogen and oxygen atoms in total. The van der Waals surface area contributed by atoms with Crippen molar-refractivity contribution >= 4 is 5.91 Å². The van der Waals surface area contributed by atoms with Gasteiger partial charge in [0.15, 0.2) is 0 Å². The van der Waals surface area contributed by atoms with Crippen LogP contribution in [0.5, 0.6) is 0 Å². The molecule has 0 bridgehead atoms. The lowest BCUT2D eigenvalue weighted by Crippen LogP contribution is -2.53. The molecule has 1 amide bonds. The quantitative estimate of drug-likeness (QED) is 0.778. The fraction of sp³-hybridized carbons (Fsp3) is 0.929. The highest BCUT2D eigenvalue weighted by atomic mass is 16.2. The van der Waals surface area contributed by atoms with Crippen LogP contribution in [0.2, 0.25) is 0 Å². The summed E-state index contributed by atoms with van der Waals surface area (Å²) in [6, 6.07) is -0.119. The molecule has 0 radical (unpaired) electrons. The van der Waals surface area contributed by atoms with Gasteiger partial charge in [-0.1, -0.05) is 47.5 Å². The van der Waals surface area contributed by atoms with Crippen molar-refractivity contribution in [3.05, 3.63) is 0 Å². The molecule has 0 aliphatic heterocycles. The summed E-state index contributed by atoms with van der Waals surface area (Å²) in [6.45, 7) is 10.5. The maximum atomic E-state index is 12.1. The van der Waals surface area contributed by atoms with E-state index in [1.807, 2.05) is 20.8 Å². The van der Waals surface area contributed by atoms with Crippen LogP contribution in [-0.2, 0) is 4.79 Å². The van der Waals surface area contributed by atoms with E-state index < -0.39 is 6.04 Å². The maximum absolute atomic E-state index is 12.1. The number of carbonyl (C=O) groups excluding carboxylic acids is 1. The van der Waals surface area contributed by atoms with Gasteiger partial charge in [-0.25, -0.2) is 0 Å². The first-order valence-electron chi connectivity index (χ1n) is 6.79. The number of nitrogens with two attached hydrogens (primary N) is 1. The lowest BCUT2D eigenvalue weighted by molar-refractivity contribution is -0.126. The van der Waals surface area contributed by atoms with Crippen molar-refractivity contribution in [1.82, 2.24) is 5.32 Å². The van der Waals surface area contributed by atoms with Crippen molar-refractivity contribution in [3.8, 4) is 0 Å². The third-order valence-electron chi connectivity index (χ3n) is 4.25. The van der Waals surface area contributed by atoms with Crippen LogP contribution in [0, 0.1) is 17.3 Å². The zero-order chi connectivity index (χ0) is 13.2. The van der Waals surface area contributed by atoms with Gasteiger partial charge in [-0.15, -0.1) is 0 Å². The predicted molar refractivity (Wildman–Crippen MR) is 71.5 cm³/mol. The van der Waals surface area contributed by atoms with Crippen molar-refractivity contribution in [2.75, 3.05) is 0 Å². The Morgan fingerprint density at radius 1 is 1.29 bits per heavy atom. The van der Waals surface area contributed by atoms with E-state index in [4.69, 9.17) is 5.73 Å². The van der Waals surface area contributed by atoms with Crippen LogP contribution in [0.15, 0.2) is 0 Å². The van der Waals surface area contributed by atoms with Gasteiger partial charge in [0, 0.05) is 6.04 Å². The normalized spacial score (nSPS) is 32.0. The smallest absolute Gasteiger partial charge is 0.237 e. The number of hydrogen-bond acceptors (Lipinski definition) is 2. The molecule has 4 unspecified atom stereocenters. The number of nitrogens with one attached hydrogen (secondary N) is 1. The first-order chi connectivity index (χ1) is 7.73. The van der Waals surface area contributed by atoms with Crippen molar-refractivity contribution in [2.45, 2.75) is 66.0 Å². The molecule has 0 aromatic carbocycles. The number of amides is 1. The molecule has 4 atom stereocenters. The molecule has 1 rings (SSSR count). The molecule has 1 fully saturated rings. The van der Waals surface area contributed by atoms with Crippen molar-refractivity contribution in [1.29, 1.82) is 0 Å². The van der Waals surface area contributed by atoms with Gasteiger partial charge in [0.2, 0.25) is 5.91 Å². The van der Waals surface area contributed by atoms with Crippen LogP contribution < -0.4 is 11.1 Å². The molecular formula is C14H28N2O. The molecule has 0 aromatic heterocycles. The van der Waals surface area contributed by atoms with Crippen molar-refractivity contribution in [2.24, 2.45) is 23.0 Å². The van der Waals surface area contributed by atoms with Gasteiger partial charge >= 0.3 is 0 Å². The van der Waals surface area contributed by atoms with Gasteiger partial charge in [0.1, 0.15) is 0 Å². The van der Waals surface area contributed by atoms with Crippen LogP contribution in [0.4, 0.5) is 0 Å². The maximum Gasteiger partial charge on any atom is 0.237 e. The lowest BCUT2D eigenvalue weighted by Gasteiger charge is -2.36. The molecule has 3 N–H and O–H groups in total. The highest BCUT2D eigenvalue weighted by Crippen LogP contribution is 2.29. The Balaban J connectivity index is 2.56. The van der Waals surface area contributed by atoms with Crippen LogP contribution in [0.25, 0.3) is 0 Å². The molecule has 0 saturated heterocycles. The fourth-order valence-corrected chi connectivity index (χ4v) is 2.45. The van der Waals surface area contributed by atoms with E-state index in [0.29, 0.717) is 17.9 Å². The molecule has 17 heavy (non-hydrogen) atoms. The molecule has 1 saturated carbocycles. The molecule has 0 spiro atoms. The first-order valence-corrected chi connectivity index (χ1v) is 6.79. The second-order valence-corrected chi connectivity index (χ2v) is 6.73. The minimum atomic E-state index is -0.424. The summed E-state index contributed by atoms with van der Waals surface area (Å²) >= 11 is 0. The molecule has 1 aliphatic rings. The number of rotatable bonds is 2. The lowest BCUT2D eigenvalue weighted by atomic mass is 9.77. The van der Waals surface area contributed by atoms with E-state index in [0.717, 1.165) is 6.42 Å². The molecular weight excluding hydrogens is 212 g/mol. The third kappa shape index (κ3) is 3.70. The van der Waals surface area contributed by atoms with Crippen molar-refractivity contribution < 1.29 is 4.79 Å². The standard InChI is InChI=1S/C14H28N2O/c1-9-7-6-8-11(10(9)2)16-13(17)12(15)14(3,4)5/h9-12H,6-8,15H2,1-5H3,(H,16,17). The topological polar surface area (TPSA) is 55.1 Å². The second kappa shape index (κ2) is 5.38. The van der Waals surface area contributed by atoms with Crippen molar-refractivity contribution in [3.63, 3.8) is 0 Å². The van der Waals surface area contributed by atoms with E-state index >= 15 is 0 Å². The van der Waals surface area contributed by atoms with Gasteiger partial charge in [0.05, 0.1) is 6.04 Å². The monoisotopic (exact) mass is 240 g/mol. The molecule has 0 heterocycles. The first kappa shape index (κ1) is 14.5. The Morgan fingerprint density at radius 2 is 1.88 bits per heavy atom. The average molecular weight is 240 g/mol. The van der Waals surface area contributed by atoms with E-state index in [2.05, 4.69) is 19.2 Å². The zero-order valence-electron chi connectivity index (χ0n) is 11.9. The van der Waals surface area contributed by atoms with Crippen LogP contribution in [0.1, 0.15) is 53.9 Å². The van der Waals surface area contributed by atoms with Gasteiger partial charge < -0.3 is 11.1 Å². The van der Waals surface area contributed by atoms with Gasteiger partial charge in [-0.05, 0) is 23.7 Å². The summed E-state index contributed by atoms with van der Waals surface area (Å²) in [7, 11) is 0. The van der Waals surface area contributed by atoms with E-state index in [1.54, 1.807) is 0 Å². The Kier molecular flexibility index (Phi) is 4.59. The highest BCUT2D eigenvalue weighted by Gasteiger charge is 2.32. The summed E-state index contributed by atoms with van der Waals surface area (Å²) in [5, 5.41) is 3.14. The van der Waals surface area contributed by atoms with Gasteiger partial charge in [-0.3, -0.25) is 4.79 Å². The minimum absolute atomic E-state index is 0.00319. The van der Waals surface area contributed by atoms with Crippen LogP contribution >= 0.6 is 0 Å². The number of hydrogen-bond donors (Lipinski definition) is 2. The number of carbonyl (C=O) groups is 1. The summed E-state index contributed by atoms with van der Waals surface area (Å²) in [6.07, 6.45) is 3.58. The third-order valence-corrected chi connectivity index (χ3v) is 4.25. The highest BCUT2D eigenvalue weighted by molar-refractivity contribution is 5.82. The Labute approximate surface area is 106 Å². The Hall–Kier alpha value is -0.570. The fourth-order valence-electron chi connectivity index (χ4n) is 2.45. The predicted octanol–water partition coefficient (Wildman–Crippen LogP) is 2.30. The van der Waals surface area contributed by atoms with E-state index in [1.165, 1.54) is 12.8 Å². The Bertz CT molecular complexity index is 270. The summed E-state index contributed by atoms with van der Waals surface area (Å²) < 4.78 is 0. The summed E-state index contributed by atoms with van der Waals surface area (Å²) in [4.78, 5) is 12.1.